The van der Waals surface area contributed by atoms with Gasteiger partial charge in [0.15, 0.2) is 0 Å². The molecular formula is C14H19N7. The Bertz CT molecular complexity index is 624. The standard InChI is InChI=1S/C14H19N7/c1-2-16-12-17-13(20-6-5-15-9-20)19-14(18-12)21-8-10-3-4-11(21)7-10/h5-6,9-11H,2-4,7-8H2,1H3,(H,16,17,18,19). The maximum absolute atomic E-state index is 4.65. The molecule has 110 valence electrons. The molecular weight excluding hydrogens is 266 g/mol. The summed E-state index contributed by atoms with van der Waals surface area (Å²) < 4.78 is 1.82. The summed E-state index contributed by atoms with van der Waals surface area (Å²) in [5, 5.41) is 3.20. The molecule has 2 atom stereocenters. The first-order valence-electron chi connectivity index (χ1n) is 7.58. The van der Waals surface area contributed by atoms with Gasteiger partial charge in [0.25, 0.3) is 0 Å². The van der Waals surface area contributed by atoms with E-state index >= 15 is 0 Å². The Labute approximate surface area is 123 Å². The fourth-order valence-electron chi connectivity index (χ4n) is 3.38. The molecule has 1 aliphatic carbocycles. The van der Waals surface area contributed by atoms with Gasteiger partial charge >= 0.3 is 0 Å². The van der Waals surface area contributed by atoms with Crippen LogP contribution >= 0.6 is 0 Å². The van der Waals surface area contributed by atoms with Crippen LogP contribution in [-0.4, -0.2) is 43.6 Å². The second-order valence-electron chi connectivity index (χ2n) is 5.74. The van der Waals surface area contributed by atoms with Gasteiger partial charge in [-0.05, 0) is 32.1 Å². The lowest BCUT2D eigenvalue weighted by Gasteiger charge is -2.27. The summed E-state index contributed by atoms with van der Waals surface area (Å²) in [6.45, 7) is 3.90. The fraction of sp³-hybridized carbons (Fsp3) is 0.571. The van der Waals surface area contributed by atoms with E-state index in [4.69, 9.17) is 0 Å². The number of rotatable bonds is 4. The first-order chi connectivity index (χ1) is 10.3. The van der Waals surface area contributed by atoms with Crippen LogP contribution in [0.3, 0.4) is 0 Å². The summed E-state index contributed by atoms with van der Waals surface area (Å²) in [5.41, 5.74) is 0. The molecule has 2 unspecified atom stereocenters. The highest BCUT2D eigenvalue weighted by molar-refractivity contribution is 5.43. The predicted octanol–water partition coefficient (Wildman–Crippen LogP) is 1.48. The Balaban J connectivity index is 1.72. The molecule has 7 heteroatoms. The van der Waals surface area contributed by atoms with Gasteiger partial charge in [0.05, 0.1) is 0 Å². The smallest absolute Gasteiger partial charge is 0.241 e. The van der Waals surface area contributed by atoms with Crippen molar-refractivity contribution in [3.8, 4) is 5.95 Å². The zero-order chi connectivity index (χ0) is 14.2. The number of hydrogen-bond acceptors (Lipinski definition) is 6. The molecule has 21 heavy (non-hydrogen) atoms. The van der Waals surface area contributed by atoms with Crippen molar-refractivity contribution in [2.45, 2.75) is 32.2 Å². The zero-order valence-electron chi connectivity index (χ0n) is 12.1. The number of aromatic nitrogens is 5. The third-order valence-corrected chi connectivity index (χ3v) is 4.35. The Kier molecular flexibility index (Phi) is 2.98. The number of nitrogens with one attached hydrogen (secondary N) is 1. The zero-order valence-corrected chi connectivity index (χ0v) is 12.1. The highest BCUT2D eigenvalue weighted by Crippen LogP contribution is 2.39. The molecule has 0 radical (unpaired) electrons. The molecule has 2 aromatic heterocycles. The van der Waals surface area contributed by atoms with Crippen molar-refractivity contribution in [2.75, 3.05) is 23.3 Å². The van der Waals surface area contributed by atoms with E-state index in [2.05, 4.69) is 30.2 Å². The van der Waals surface area contributed by atoms with Crippen LogP contribution in [0.5, 0.6) is 0 Å². The van der Waals surface area contributed by atoms with E-state index in [1.807, 2.05) is 17.7 Å². The number of nitrogens with zero attached hydrogens (tertiary/aromatic N) is 6. The summed E-state index contributed by atoms with van der Waals surface area (Å²) >= 11 is 0. The second kappa shape index (κ2) is 4.98. The highest BCUT2D eigenvalue weighted by atomic mass is 15.4. The van der Waals surface area contributed by atoms with Crippen molar-refractivity contribution in [1.82, 2.24) is 24.5 Å². The lowest BCUT2D eigenvalue weighted by molar-refractivity contribution is 0.545. The molecule has 1 saturated carbocycles. The van der Waals surface area contributed by atoms with Crippen LogP contribution in [0.1, 0.15) is 26.2 Å². The molecule has 0 amide bonds. The van der Waals surface area contributed by atoms with Crippen molar-refractivity contribution < 1.29 is 0 Å². The molecule has 2 fully saturated rings. The molecule has 1 saturated heterocycles. The monoisotopic (exact) mass is 285 g/mol. The van der Waals surface area contributed by atoms with Gasteiger partial charge in [0.2, 0.25) is 17.8 Å². The first-order valence-corrected chi connectivity index (χ1v) is 7.58. The number of piperidine rings is 1. The molecule has 1 N–H and O–H groups in total. The largest absolute Gasteiger partial charge is 0.354 e. The Morgan fingerprint density at radius 3 is 2.81 bits per heavy atom. The van der Waals surface area contributed by atoms with E-state index in [9.17, 15) is 0 Å². The van der Waals surface area contributed by atoms with E-state index in [1.54, 1.807) is 12.5 Å². The maximum atomic E-state index is 4.65. The minimum atomic E-state index is 0.600. The van der Waals surface area contributed by atoms with Crippen LogP contribution in [0.4, 0.5) is 11.9 Å². The molecule has 2 aliphatic rings. The van der Waals surface area contributed by atoms with Gasteiger partial charge in [-0.15, -0.1) is 0 Å². The fourth-order valence-corrected chi connectivity index (χ4v) is 3.38. The van der Waals surface area contributed by atoms with Crippen LogP contribution < -0.4 is 10.2 Å². The SMILES string of the molecule is CCNc1nc(N2CC3CCC2C3)nc(-n2ccnc2)n1. The van der Waals surface area contributed by atoms with Gasteiger partial charge < -0.3 is 10.2 Å². The van der Waals surface area contributed by atoms with E-state index in [-0.39, 0.29) is 0 Å². The third-order valence-electron chi connectivity index (χ3n) is 4.35. The van der Waals surface area contributed by atoms with Crippen LogP contribution in [0.25, 0.3) is 5.95 Å². The Hall–Kier alpha value is -2.18. The number of imidazole rings is 1. The molecule has 1 aliphatic heterocycles. The maximum Gasteiger partial charge on any atom is 0.241 e. The second-order valence-corrected chi connectivity index (χ2v) is 5.74. The van der Waals surface area contributed by atoms with Gasteiger partial charge in [0.1, 0.15) is 6.33 Å². The summed E-state index contributed by atoms with van der Waals surface area (Å²) in [5.74, 6) is 2.85. The Morgan fingerprint density at radius 1 is 1.24 bits per heavy atom. The normalized spacial score (nSPS) is 23.8. The minimum Gasteiger partial charge on any atom is -0.354 e. The third kappa shape index (κ3) is 2.22. The predicted molar refractivity (Wildman–Crippen MR) is 79.6 cm³/mol. The molecule has 4 rings (SSSR count). The van der Waals surface area contributed by atoms with E-state index in [1.165, 1.54) is 19.3 Å². The summed E-state index contributed by atoms with van der Waals surface area (Å²) in [6.07, 6.45) is 9.18. The average molecular weight is 285 g/mol. The molecule has 7 nitrogen and oxygen atoms in total. The van der Waals surface area contributed by atoms with Gasteiger partial charge in [-0.1, -0.05) is 0 Å². The van der Waals surface area contributed by atoms with Crippen molar-refractivity contribution in [1.29, 1.82) is 0 Å². The van der Waals surface area contributed by atoms with E-state index in [0.717, 1.165) is 25.0 Å². The summed E-state index contributed by atoms with van der Waals surface area (Å²) in [7, 11) is 0. The van der Waals surface area contributed by atoms with E-state index in [0.29, 0.717) is 17.9 Å². The topological polar surface area (TPSA) is 71.8 Å². The van der Waals surface area contributed by atoms with Crippen LogP contribution in [0.15, 0.2) is 18.7 Å². The van der Waals surface area contributed by atoms with Gasteiger partial charge in [0, 0.05) is 31.5 Å². The van der Waals surface area contributed by atoms with Gasteiger partial charge in [-0.2, -0.15) is 15.0 Å². The molecule has 3 heterocycles. The number of hydrogen-bond donors (Lipinski definition) is 1. The van der Waals surface area contributed by atoms with Crippen LogP contribution in [0, 0.1) is 5.92 Å². The van der Waals surface area contributed by atoms with Crippen molar-refractivity contribution in [3.63, 3.8) is 0 Å². The molecule has 2 aromatic rings. The van der Waals surface area contributed by atoms with Crippen LogP contribution in [-0.2, 0) is 0 Å². The Morgan fingerprint density at radius 2 is 2.14 bits per heavy atom. The molecule has 0 spiro atoms. The number of anilines is 2. The van der Waals surface area contributed by atoms with Crippen molar-refractivity contribution in [2.24, 2.45) is 5.92 Å². The lowest BCUT2D eigenvalue weighted by Crippen LogP contribution is -2.34. The number of fused-ring (bicyclic) bond motifs is 2. The highest BCUT2D eigenvalue weighted by Gasteiger charge is 2.39. The minimum absolute atomic E-state index is 0.600. The molecule has 2 bridgehead atoms. The summed E-state index contributed by atoms with van der Waals surface area (Å²) in [6, 6.07) is 0.600. The van der Waals surface area contributed by atoms with E-state index < -0.39 is 0 Å². The van der Waals surface area contributed by atoms with Gasteiger partial charge in [-0.25, -0.2) is 4.98 Å². The lowest BCUT2D eigenvalue weighted by atomic mass is 10.1. The van der Waals surface area contributed by atoms with Crippen molar-refractivity contribution >= 4 is 11.9 Å². The van der Waals surface area contributed by atoms with Crippen LogP contribution in [0.2, 0.25) is 0 Å². The average Bonchev–Trinajstić information content (AvgIpc) is 3.24. The quantitative estimate of drug-likeness (QED) is 0.917. The summed E-state index contributed by atoms with van der Waals surface area (Å²) in [4.78, 5) is 20.1. The van der Waals surface area contributed by atoms with Crippen molar-refractivity contribution in [3.05, 3.63) is 18.7 Å². The molecule has 0 aromatic carbocycles. The first kappa shape index (κ1) is 12.6. The van der Waals surface area contributed by atoms with Gasteiger partial charge in [-0.3, -0.25) is 4.57 Å².